The molecular weight excluding hydrogens is 330 g/mol. The minimum Gasteiger partial charge on any atom is -0.492 e. The van der Waals surface area contributed by atoms with Gasteiger partial charge in [0.2, 0.25) is 0 Å². The van der Waals surface area contributed by atoms with Crippen LogP contribution in [0.4, 0.5) is 4.79 Å². The maximum absolute atomic E-state index is 11.8. The highest BCUT2D eigenvalue weighted by Gasteiger charge is 2.22. The number of amides is 1. The van der Waals surface area contributed by atoms with Gasteiger partial charge in [0.15, 0.2) is 0 Å². The van der Waals surface area contributed by atoms with Gasteiger partial charge in [0.1, 0.15) is 18.0 Å². The Balaban J connectivity index is 1.67. The average molecular weight is 359 g/mol. The fourth-order valence-corrected chi connectivity index (χ4v) is 2.98. The summed E-state index contributed by atoms with van der Waals surface area (Å²) in [6.45, 7) is 9.70. The third-order valence-electron chi connectivity index (χ3n) is 4.20. The molecule has 0 spiro atoms. The highest BCUT2D eigenvalue weighted by molar-refractivity contribution is 5.67. The van der Waals surface area contributed by atoms with Gasteiger partial charge in [-0.3, -0.25) is 4.90 Å². The monoisotopic (exact) mass is 359 g/mol. The van der Waals surface area contributed by atoms with Crippen molar-refractivity contribution in [3.63, 3.8) is 0 Å². The van der Waals surface area contributed by atoms with Crippen LogP contribution in [0.1, 0.15) is 39.2 Å². The van der Waals surface area contributed by atoms with E-state index in [9.17, 15) is 4.79 Å². The lowest BCUT2D eigenvalue weighted by molar-refractivity contribution is 0.0505. The molecule has 1 heterocycles. The third kappa shape index (κ3) is 7.32. The maximum Gasteiger partial charge on any atom is 0.407 e. The Morgan fingerprint density at radius 1 is 1.35 bits per heavy atom. The number of ether oxygens (including phenoxy) is 2. The van der Waals surface area contributed by atoms with Gasteiger partial charge in [-0.15, -0.1) is 0 Å². The number of nitriles is 1. The smallest absolute Gasteiger partial charge is 0.407 e. The topological polar surface area (TPSA) is 74.6 Å². The molecular formula is C20H29N3O3. The van der Waals surface area contributed by atoms with Crippen LogP contribution in [0.25, 0.3) is 0 Å². The van der Waals surface area contributed by atoms with Crippen LogP contribution in [0.3, 0.4) is 0 Å². The molecule has 1 saturated heterocycles. The summed E-state index contributed by atoms with van der Waals surface area (Å²) in [5.41, 5.74) is 0.166. The van der Waals surface area contributed by atoms with Gasteiger partial charge in [0.05, 0.1) is 11.6 Å². The Bertz CT molecular complexity index is 617. The van der Waals surface area contributed by atoms with Crippen LogP contribution in [0.15, 0.2) is 24.3 Å². The minimum atomic E-state index is -0.467. The molecule has 0 bridgehead atoms. The van der Waals surface area contributed by atoms with Crippen molar-refractivity contribution in [1.82, 2.24) is 10.2 Å². The first kappa shape index (κ1) is 20.1. The second kappa shape index (κ2) is 9.44. The Kier molecular flexibility index (Phi) is 7.28. The number of carbonyl (C=O) groups is 1. The van der Waals surface area contributed by atoms with Crippen LogP contribution < -0.4 is 10.1 Å². The number of hydrogen-bond acceptors (Lipinski definition) is 5. The molecule has 1 N–H and O–H groups in total. The number of piperidine rings is 1. The van der Waals surface area contributed by atoms with E-state index in [0.717, 1.165) is 38.2 Å². The quantitative estimate of drug-likeness (QED) is 0.844. The number of rotatable bonds is 6. The predicted octanol–water partition coefficient (Wildman–Crippen LogP) is 3.17. The van der Waals surface area contributed by atoms with Gasteiger partial charge >= 0.3 is 6.09 Å². The van der Waals surface area contributed by atoms with Gasteiger partial charge in [0, 0.05) is 19.6 Å². The molecule has 1 fully saturated rings. The van der Waals surface area contributed by atoms with E-state index >= 15 is 0 Å². The standard InChI is InChI=1S/C20H29N3O3/c1-20(2,3)26-19(24)22-14-17-5-4-10-23(15-17)11-12-25-18-8-6-16(13-21)7-9-18/h6-9,17H,4-5,10-12,14-15H2,1-3H3,(H,22,24). The van der Waals surface area contributed by atoms with Crippen molar-refractivity contribution in [3.8, 4) is 11.8 Å². The van der Waals surface area contributed by atoms with Gasteiger partial charge in [-0.1, -0.05) is 0 Å². The number of likely N-dealkylation sites (tertiary alicyclic amines) is 1. The van der Waals surface area contributed by atoms with Crippen LogP contribution >= 0.6 is 0 Å². The number of benzene rings is 1. The summed E-state index contributed by atoms with van der Waals surface area (Å²) in [6.07, 6.45) is 1.89. The molecule has 1 atom stereocenters. The predicted molar refractivity (Wildman–Crippen MR) is 100 cm³/mol. The van der Waals surface area contributed by atoms with E-state index < -0.39 is 5.60 Å². The SMILES string of the molecule is CC(C)(C)OC(=O)NCC1CCCN(CCOc2ccc(C#N)cc2)C1. The molecule has 1 unspecified atom stereocenters. The molecule has 0 radical (unpaired) electrons. The molecule has 142 valence electrons. The highest BCUT2D eigenvalue weighted by Crippen LogP contribution is 2.17. The van der Waals surface area contributed by atoms with E-state index in [1.54, 1.807) is 12.1 Å². The van der Waals surface area contributed by atoms with Crippen LogP contribution in [0.2, 0.25) is 0 Å². The van der Waals surface area contributed by atoms with E-state index in [2.05, 4.69) is 16.3 Å². The fraction of sp³-hybridized carbons (Fsp3) is 0.600. The lowest BCUT2D eigenvalue weighted by atomic mass is 9.98. The molecule has 26 heavy (non-hydrogen) atoms. The summed E-state index contributed by atoms with van der Waals surface area (Å²) in [7, 11) is 0. The van der Waals surface area contributed by atoms with Crippen LogP contribution in [0, 0.1) is 17.2 Å². The van der Waals surface area contributed by atoms with E-state index in [1.807, 2.05) is 32.9 Å². The molecule has 0 saturated carbocycles. The van der Waals surface area contributed by atoms with E-state index in [0.29, 0.717) is 24.6 Å². The Hall–Kier alpha value is -2.26. The van der Waals surface area contributed by atoms with Crippen LogP contribution in [0.5, 0.6) is 5.75 Å². The Morgan fingerprint density at radius 3 is 2.73 bits per heavy atom. The summed E-state index contributed by atoms with van der Waals surface area (Å²) in [6, 6.07) is 9.26. The second-order valence-corrected chi connectivity index (χ2v) is 7.68. The Morgan fingerprint density at radius 2 is 2.08 bits per heavy atom. The first-order valence-corrected chi connectivity index (χ1v) is 9.18. The van der Waals surface area contributed by atoms with Crippen molar-refractivity contribution in [2.24, 2.45) is 5.92 Å². The van der Waals surface area contributed by atoms with Gasteiger partial charge < -0.3 is 14.8 Å². The first-order valence-electron chi connectivity index (χ1n) is 9.18. The van der Waals surface area contributed by atoms with Crippen LogP contribution in [-0.2, 0) is 4.74 Å². The molecule has 1 aliphatic rings. The summed E-state index contributed by atoms with van der Waals surface area (Å²) < 4.78 is 11.0. The second-order valence-electron chi connectivity index (χ2n) is 7.68. The fourth-order valence-electron chi connectivity index (χ4n) is 2.98. The van der Waals surface area contributed by atoms with Gasteiger partial charge in [0.25, 0.3) is 0 Å². The third-order valence-corrected chi connectivity index (χ3v) is 4.20. The zero-order chi connectivity index (χ0) is 19.0. The lowest BCUT2D eigenvalue weighted by Crippen LogP contribution is -2.43. The molecule has 1 amide bonds. The maximum atomic E-state index is 11.8. The van der Waals surface area contributed by atoms with E-state index in [4.69, 9.17) is 14.7 Å². The Labute approximate surface area is 156 Å². The number of carbonyl (C=O) groups excluding carboxylic acids is 1. The average Bonchev–Trinajstić information content (AvgIpc) is 2.59. The van der Waals surface area contributed by atoms with Gasteiger partial charge in [-0.05, 0) is 70.3 Å². The van der Waals surface area contributed by atoms with Gasteiger partial charge in [-0.25, -0.2) is 4.79 Å². The van der Waals surface area contributed by atoms with Gasteiger partial charge in [-0.2, -0.15) is 5.26 Å². The number of nitrogens with zero attached hydrogens (tertiary/aromatic N) is 2. The van der Waals surface area contributed by atoms with Crippen molar-refractivity contribution < 1.29 is 14.3 Å². The number of nitrogens with one attached hydrogen (secondary N) is 1. The summed E-state index contributed by atoms with van der Waals surface area (Å²) in [5.74, 6) is 1.22. The number of alkyl carbamates (subject to hydrolysis) is 1. The molecule has 1 aromatic rings. The molecule has 6 nitrogen and oxygen atoms in total. The minimum absolute atomic E-state index is 0.348. The largest absolute Gasteiger partial charge is 0.492 e. The summed E-state index contributed by atoms with van der Waals surface area (Å²) >= 11 is 0. The van der Waals surface area contributed by atoms with Crippen LogP contribution in [-0.4, -0.2) is 49.4 Å². The molecule has 2 rings (SSSR count). The van der Waals surface area contributed by atoms with Crippen molar-refractivity contribution in [1.29, 1.82) is 5.26 Å². The van der Waals surface area contributed by atoms with Crippen molar-refractivity contribution >= 4 is 6.09 Å². The van der Waals surface area contributed by atoms with Crippen molar-refractivity contribution in [3.05, 3.63) is 29.8 Å². The van der Waals surface area contributed by atoms with Crippen molar-refractivity contribution in [2.75, 3.05) is 32.8 Å². The zero-order valence-corrected chi connectivity index (χ0v) is 16.0. The molecule has 0 aromatic heterocycles. The molecule has 1 aromatic carbocycles. The van der Waals surface area contributed by atoms with Crippen molar-refractivity contribution in [2.45, 2.75) is 39.2 Å². The lowest BCUT2D eigenvalue weighted by Gasteiger charge is -2.32. The normalized spacial score (nSPS) is 18.0. The molecule has 0 aliphatic carbocycles. The summed E-state index contributed by atoms with van der Waals surface area (Å²) in [4.78, 5) is 14.1. The first-order chi connectivity index (χ1) is 12.4. The highest BCUT2D eigenvalue weighted by atomic mass is 16.6. The molecule has 1 aliphatic heterocycles. The van der Waals surface area contributed by atoms with E-state index in [-0.39, 0.29) is 6.09 Å². The zero-order valence-electron chi connectivity index (χ0n) is 16.0. The molecule has 6 heteroatoms. The summed E-state index contributed by atoms with van der Waals surface area (Å²) in [5, 5.41) is 11.7. The van der Waals surface area contributed by atoms with E-state index in [1.165, 1.54) is 0 Å². The number of hydrogen-bond donors (Lipinski definition) is 1.